The van der Waals surface area contributed by atoms with Crippen molar-refractivity contribution in [1.82, 2.24) is 0 Å². The molecule has 0 spiro atoms. The van der Waals surface area contributed by atoms with Crippen LogP contribution in [-0.4, -0.2) is 12.5 Å². The van der Waals surface area contributed by atoms with Gasteiger partial charge < -0.3 is 11.1 Å². The third-order valence-electron chi connectivity index (χ3n) is 3.00. The van der Waals surface area contributed by atoms with Crippen molar-refractivity contribution in [3.8, 4) is 0 Å². The minimum absolute atomic E-state index is 0.0763. The van der Waals surface area contributed by atoms with E-state index in [1.54, 1.807) is 6.07 Å². The first kappa shape index (κ1) is 14.6. The molecule has 1 atom stereocenters. The normalized spacial score (nSPS) is 12.2. The first-order valence-corrected chi connectivity index (χ1v) is 6.29. The van der Waals surface area contributed by atoms with Crippen molar-refractivity contribution in [3.05, 3.63) is 29.6 Å². The highest BCUT2D eigenvalue weighted by molar-refractivity contribution is 5.91. The molecule has 0 aliphatic rings. The lowest BCUT2D eigenvalue weighted by atomic mass is 10.0. The average molecular weight is 252 g/mol. The van der Waals surface area contributed by atoms with Gasteiger partial charge in [-0.3, -0.25) is 4.79 Å². The molecule has 0 radical (unpaired) electrons. The molecule has 1 amide bonds. The Morgan fingerprint density at radius 1 is 1.44 bits per heavy atom. The quantitative estimate of drug-likeness (QED) is 0.818. The van der Waals surface area contributed by atoms with Gasteiger partial charge in [-0.2, -0.15) is 0 Å². The third-order valence-corrected chi connectivity index (χ3v) is 3.00. The molecular weight excluding hydrogens is 231 g/mol. The highest BCUT2D eigenvalue weighted by atomic mass is 19.1. The Morgan fingerprint density at radius 3 is 2.83 bits per heavy atom. The topological polar surface area (TPSA) is 55.1 Å². The zero-order valence-electron chi connectivity index (χ0n) is 11.0. The van der Waals surface area contributed by atoms with E-state index in [0.717, 1.165) is 18.4 Å². The van der Waals surface area contributed by atoms with Gasteiger partial charge in [0, 0.05) is 12.1 Å². The van der Waals surface area contributed by atoms with Gasteiger partial charge in [-0.05, 0) is 49.9 Å². The number of nitrogens with two attached hydrogens (primary N) is 1. The van der Waals surface area contributed by atoms with Gasteiger partial charge in [0.15, 0.2) is 0 Å². The summed E-state index contributed by atoms with van der Waals surface area (Å²) in [5, 5.41) is 2.74. The SMILES string of the molecule is Cc1ccc(F)cc1NC(=O)CCC(C)CCN. The first-order chi connectivity index (χ1) is 8.52. The van der Waals surface area contributed by atoms with Gasteiger partial charge in [0.2, 0.25) is 5.91 Å². The van der Waals surface area contributed by atoms with Gasteiger partial charge in [-0.1, -0.05) is 13.0 Å². The van der Waals surface area contributed by atoms with E-state index < -0.39 is 0 Å². The molecule has 0 fully saturated rings. The number of halogens is 1. The summed E-state index contributed by atoms with van der Waals surface area (Å²) in [6, 6.07) is 4.38. The summed E-state index contributed by atoms with van der Waals surface area (Å²) >= 11 is 0. The fourth-order valence-corrected chi connectivity index (χ4v) is 1.75. The van der Waals surface area contributed by atoms with Crippen LogP contribution in [0.25, 0.3) is 0 Å². The van der Waals surface area contributed by atoms with E-state index in [9.17, 15) is 9.18 Å². The zero-order valence-corrected chi connectivity index (χ0v) is 11.0. The summed E-state index contributed by atoms with van der Waals surface area (Å²) in [4.78, 5) is 11.7. The molecule has 0 bridgehead atoms. The minimum atomic E-state index is -0.340. The summed E-state index contributed by atoms with van der Waals surface area (Å²) in [6.45, 7) is 4.56. The highest BCUT2D eigenvalue weighted by Crippen LogP contribution is 2.17. The maximum atomic E-state index is 13.0. The van der Waals surface area contributed by atoms with E-state index >= 15 is 0 Å². The van der Waals surface area contributed by atoms with Crippen LogP contribution in [0.5, 0.6) is 0 Å². The van der Waals surface area contributed by atoms with Crippen molar-refractivity contribution in [2.75, 3.05) is 11.9 Å². The number of aryl methyl sites for hydroxylation is 1. The lowest BCUT2D eigenvalue weighted by Gasteiger charge is -2.11. The van der Waals surface area contributed by atoms with Crippen LogP contribution in [0.1, 0.15) is 31.7 Å². The van der Waals surface area contributed by atoms with Crippen LogP contribution < -0.4 is 11.1 Å². The van der Waals surface area contributed by atoms with Crippen molar-refractivity contribution >= 4 is 11.6 Å². The predicted molar refractivity (Wildman–Crippen MR) is 71.8 cm³/mol. The summed E-state index contributed by atoms with van der Waals surface area (Å²) in [6.07, 6.45) is 2.17. The Morgan fingerprint density at radius 2 is 2.17 bits per heavy atom. The van der Waals surface area contributed by atoms with Crippen molar-refractivity contribution in [1.29, 1.82) is 0 Å². The maximum Gasteiger partial charge on any atom is 0.224 e. The van der Waals surface area contributed by atoms with Gasteiger partial charge in [-0.25, -0.2) is 4.39 Å². The van der Waals surface area contributed by atoms with Gasteiger partial charge in [0.05, 0.1) is 0 Å². The summed E-state index contributed by atoms with van der Waals surface area (Å²) < 4.78 is 13.0. The van der Waals surface area contributed by atoms with Crippen molar-refractivity contribution in [2.24, 2.45) is 11.7 Å². The van der Waals surface area contributed by atoms with E-state index in [0.29, 0.717) is 24.6 Å². The first-order valence-electron chi connectivity index (χ1n) is 6.29. The molecule has 1 unspecified atom stereocenters. The lowest BCUT2D eigenvalue weighted by molar-refractivity contribution is -0.116. The molecule has 4 heteroatoms. The summed E-state index contributed by atoms with van der Waals surface area (Å²) in [5.74, 6) is 0.0225. The molecule has 0 heterocycles. The molecule has 100 valence electrons. The molecule has 1 rings (SSSR count). The third kappa shape index (κ3) is 4.84. The molecule has 1 aromatic rings. The van der Waals surface area contributed by atoms with Crippen LogP contribution in [0.2, 0.25) is 0 Å². The van der Waals surface area contributed by atoms with Crippen molar-refractivity contribution in [2.45, 2.75) is 33.1 Å². The molecule has 0 saturated carbocycles. The molecule has 3 nitrogen and oxygen atoms in total. The number of hydrogen-bond acceptors (Lipinski definition) is 2. The van der Waals surface area contributed by atoms with Gasteiger partial charge in [0.1, 0.15) is 5.82 Å². The molecular formula is C14H21FN2O. The van der Waals surface area contributed by atoms with Crippen LogP contribution in [0.4, 0.5) is 10.1 Å². The monoisotopic (exact) mass is 252 g/mol. The fourth-order valence-electron chi connectivity index (χ4n) is 1.75. The van der Waals surface area contributed by atoms with Gasteiger partial charge in [-0.15, -0.1) is 0 Å². The number of benzene rings is 1. The second-order valence-electron chi connectivity index (χ2n) is 4.73. The fraction of sp³-hybridized carbons (Fsp3) is 0.500. The van der Waals surface area contributed by atoms with Crippen LogP contribution in [0.3, 0.4) is 0 Å². The summed E-state index contributed by atoms with van der Waals surface area (Å²) in [7, 11) is 0. The molecule has 0 aromatic heterocycles. The van der Waals surface area contributed by atoms with Crippen LogP contribution >= 0.6 is 0 Å². The number of hydrogen-bond donors (Lipinski definition) is 2. The van der Waals surface area contributed by atoms with Crippen LogP contribution in [0, 0.1) is 18.7 Å². The van der Waals surface area contributed by atoms with E-state index in [1.807, 2.05) is 6.92 Å². The molecule has 0 aliphatic carbocycles. The Balaban J connectivity index is 2.47. The maximum absolute atomic E-state index is 13.0. The minimum Gasteiger partial charge on any atom is -0.330 e. The van der Waals surface area contributed by atoms with Crippen LogP contribution in [-0.2, 0) is 4.79 Å². The van der Waals surface area contributed by atoms with E-state index in [1.165, 1.54) is 12.1 Å². The van der Waals surface area contributed by atoms with E-state index in [-0.39, 0.29) is 11.7 Å². The van der Waals surface area contributed by atoms with Gasteiger partial charge >= 0.3 is 0 Å². The zero-order chi connectivity index (χ0) is 13.5. The average Bonchev–Trinajstić information content (AvgIpc) is 2.32. The van der Waals surface area contributed by atoms with Gasteiger partial charge in [0.25, 0.3) is 0 Å². The molecule has 18 heavy (non-hydrogen) atoms. The van der Waals surface area contributed by atoms with Crippen LogP contribution in [0.15, 0.2) is 18.2 Å². The Hall–Kier alpha value is -1.42. The van der Waals surface area contributed by atoms with E-state index in [2.05, 4.69) is 12.2 Å². The molecule has 1 aromatic carbocycles. The second-order valence-corrected chi connectivity index (χ2v) is 4.73. The molecule has 0 aliphatic heterocycles. The number of anilines is 1. The second kappa shape index (κ2) is 7.11. The Bertz CT molecular complexity index is 407. The van der Waals surface area contributed by atoms with Crippen molar-refractivity contribution < 1.29 is 9.18 Å². The smallest absolute Gasteiger partial charge is 0.224 e. The number of carbonyl (C=O) groups is 1. The standard InChI is InChI=1S/C14H21FN2O/c1-10(7-8-16)3-6-14(18)17-13-9-12(15)5-4-11(13)2/h4-5,9-10H,3,6-8,16H2,1-2H3,(H,17,18). The largest absolute Gasteiger partial charge is 0.330 e. The lowest BCUT2D eigenvalue weighted by Crippen LogP contribution is -2.14. The Labute approximate surface area is 108 Å². The highest BCUT2D eigenvalue weighted by Gasteiger charge is 2.08. The Kier molecular flexibility index (Phi) is 5.78. The number of rotatable bonds is 6. The molecule has 3 N–H and O–H groups in total. The predicted octanol–water partition coefficient (Wildman–Crippen LogP) is 2.84. The number of amides is 1. The summed E-state index contributed by atoms with van der Waals surface area (Å²) in [5.41, 5.74) is 6.86. The number of carbonyl (C=O) groups excluding carboxylic acids is 1. The van der Waals surface area contributed by atoms with E-state index in [4.69, 9.17) is 5.73 Å². The number of nitrogens with one attached hydrogen (secondary N) is 1. The van der Waals surface area contributed by atoms with Crippen molar-refractivity contribution in [3.63, 3.8) is 0 Å². The molecule has 0 saturated heterocycles.